The number of hydrogen-bond acceptors (Lipinski definition) is 5. The summed E-state index contributed by atoms with van der Waals surface area (Å²) in [5.74, 6) is 0.0215. The Balaban J connectivity index is 1.67. The molecule has 5 nitrogen and oxygen atoms in total. The molecule has 1 aliphatic rings. The van der Waals surface area contributed by atoms with Gasteiger partial charge in [-0.25, -0.2) is 4.79 Å². The Morgan fingerprint density at radius 2 is 1.78 bits per heavy atom. The van der Waals surface area contributed by atoms with Gasteiger partial charge in [0, 0.05) is 5.56 Å². The molecule has 1 heterocycles. The highest BCUT2D eigenvalue weighted by atomic mass is 16.5. The summed E-state index contributed by atoms with van der Waals surface area (Å²) in [5, 5.41) is 0. The number of ether oxygens (including phenoxy) is 3. The summed E-state index contributed by atoms with van der Waals surface area (Å²) in [6.07, 6.45) is 7.00. The molecule has 0 saturated carbocycles. The molecule has 0 aliphatic carbocycles. The second-order valence-electron chi connectivity index (χ2n) is 8.50. The zero-order chi connectivity index (χ0) is 22.9. The topological polar surface area (TPSA) is 61.8 Å². The van der Waals surface area contributed by atoms with Gasteiger partial charge in [0.15, 0.2) is 0 Å². The number of cyclic esters (lactones) is 1. The van der Waals surface area contributed by atoms with E-state index in [9.17, 15) is 9.59 Å². The van der Waals surface area contributed by atoms with Gasteiger partial charge in [0.2, 0.25) is 0 Å². The molecule has 1 saturated heterocycles. The second-order valence-corrected chi connectivity index (χ2v) is 8.50. The van der Waals surface area contributed by atoms with Gasteiger partial charge < -0.3 is 14.2 Å². The van der Waals surface area contributed by atoms with Crippen LogP contribution in [0.1, 0.15) is 87.6 Å². The van der Waals surface area contributed by atoms with E-state index in [-0.39, 0.29) is 18.2 Å². The van der Waals surface area contributed by atoms with Gasteiger partial charge in [0.05, 0.1) is 23.7 Å². The molecule has 2 aromatic rings. The highest BCUT2D eigenvalue weighted by molar-refractivity contribution is 5.91. The predicted molar refractivity (Wildman–Crippen MR) is 124 cm³/mol. The first-order chi connectivity index (χ1) is 15.5. The third kappa shape index (κ3) is 6.35. The van der Waals surface area contributed by atoms with Crippen molar-refractivity contribution in [2.45, 2.75) is 83.8 Å². The summed E-state index contributed by atoms with van der Waals surface area (Å²) in [7, 11) is 0. The lowest BCUT2D eigenvalue weighted by molar-refractivity contribution is -0.155. The molecule has 0 radical (unpaired) electrons. The molecule has 5 heteroatoms. The average Bonchev–Trinajstić information content (AvgIpc) is 2.79. The standard InChI is InChI=1S/C27H34O5/c1-4-6-10-21(9-5-2)31-22-16-14-20(15-17-22)26(28)32-25-12-8-7-11-23(25)24-18-13-19(3)30-27(24)29/h7-8,11-12,14-17,19,21,24H,4-6,9-10,13,18H2,1-3H3/t19-,21?,24-/m0/s1. The number of para-hydroxylation sites is 1. The van der Waals surface area contributed by atoms with Crippen molar-refractivity contribution < 1.29 is 23.8 Å². The molecule has 172 valence electrons. The molecular weight excluding hydrogens is 404 g/mol. The first-order valence-electron chi connectivity index (χ1n) is 11.8. The number of unbranched alkanes of at least 4 members (excludes halogenated alkanes) is 1. The number of hydrogen-bond donors (Lipinski definition) is 0. The third-order valence-corrected chi connectivity index (χ3v) is 5.84. The molecule has 32 heavy (non-hydrogen) atoms. The minimum absolute atomic E-state index is 0.0758. The van der Waals surface area contributed by atoms with E-state index in [1.807, 2.05) is 31.2 Å². The quantitative estimate of drug-likeness (QED) is 0.315. The predicted octanol–water partition coefficient (Wildman–Crippen LogP) is 6.45. The molecule has 0 N–H and O–H groups in total. The minimum atomic E-state index is -0.461. The van der Waals surface area contributed by atoms with Gasteiger partial charge in [0.1, 0.15) is 11.5 Å². The maximum atomic E-state index is 12.8. The Hall–Kier alpha value is -2.82. The van der Waals surface area contributed by atoms with E-state index in [1.54, 1.807) is 24.3 Å². The maximum absolute atomic E-state index is 12.8. The van der Waals surface area contributed by atoms with Gasteiger partial charge in [-0.1, -0.05) is 51.3 Å². The van der Waals surface area contributed by atoms with Crippen LogP contribution in [0.2, 0.25) is 0 Å². The van der Waals surface area contributed by atoms with Gasteiger partial charge in [0.25, 0.3) is 0 Å². The fourth-order valence-corrected chi connectivity index (χ4v) is 4.04. The molecule has 1 unspecified atom stereocenters. The fourth-order valence-electron chi connectivity index (χ4n) is 4.04. The van der Waals surface area contributed by atoms with Crippen LogP contribution in [-0.4, -0.2) is 24.1 Å². The average molecular weight is 439 g/mol. The Bertz CT molecular complexity index is 889. The lowest BCUT2D eigenvalue weighted by Crippen LogP contribution is -2.28. The second kappa shape index (κ2) is 11.7. The molecule has 0 amide bonds. The first-order valence-corrected chi connectivity index (χ1v) is 11.8. The van der Waals surface area contributed by atoms with E-state index >= 15 is 0 Å². The summed E-state index contributed by atoms with van der Waals surface area (Å²) < 4.78 is 17.2. The molecular formula is C27H34O5. The first kappa shape index (κ1) is 23.8. The van der Waals surface area contributed by atoms with Crippen molar-refractivity contribution in [3.63, 3.8) is 0 Å². The Kier molecular flexibility index (Phi) is 8.72. The summed E-state index contributed by atoms with van der Waals surface area (Å²) in [4.78, 5) is 25.2. The lowest BCUT2D eigenvalue weighted by atomic mass is 9.90. The molecule has 0 bridgehead atoms. The lowest BCUT2D eigenvalue weighted by Gasteiger charge is -2.27. The van der Waals surface area contributed by atoms with Crippen molar-refractivity contribution in [3.05, 3.63) is 59.7 Å². The van der Waals surface area contributed by atoms with Crippen LogP contribution in [0.25, 0.3) is 0 Å². The third-order valence-electron chi connectivity index (χ3n) is 5.84. The summed E-state index contributed by atoms with van der Waals surface area (Å²) in [5.41, 5.74) is 1.13. The summed E-state index contributed by atoms with van der Waals surface area (Å²) in [6.45, 7) is 6.23. The maximum Gasteiger partial charge on any atom is 0.343 e. The number of carbonyl (C=O) groups excluding carboxylic acids is 2. The van der Waals surface area contributed by atoms with Crippen LogP contribution >= 0.6 is 0 Å². The Morgan fingerprint density at radius 1 is 1.03 bits per heavy atom. The molecule has 0 spiro atoms. The zero-order valence-electron chi connectivity index (χ0n) is 19.3. The van der Waals surface area contributed by atoms with Crippen LogP contribution < -0.4 is 9.47 Å². The van der Waals surface area contributed by atoms with Crippen molar-refractivity contribution in [2.75, 3.05) is 0 Å². The van der Waals surface area contributed by atoms with E-state index in [1.165, 1.54) is 0 Å². The van der Waals surface area contributed by atoms with Crippen molar-refractivity contribution in [1.29, 1.82) is 0 Å². The molecule has 3 atom stereocenters. The van der Waals surface area contributed by atoms with Gasteiger partial charge >= 0.3 is 11.9 Å². The number of rotatable bonds is 10. The van der Waals surface area contributed by atoms with E-state index < -0.39 is 11.9 Å². The van der Waals surface area contributed by atoms with Crippen molar-refractivity contribution >= 4 is 11.9 Å². The van der Waals surface area contributed by atoms with Gasteiger partial charge in [-0.3, -0.25) is 4.79 Å². The molecule has 1 aliphatic heterocycles. The SMILES string of the molecule is CCCCC(CCC)Oc1ccc(C(=O)Oc2ccccc2[C@@H]2CC[C@H](C)OC2=O)cc1. The molecule has 1 fully saturated rings. The van der Waals surface area contributed by atoms with Gasteiger partial charge in [-0.05, 0) is 62.9 Å². The number of carbonyl (C=O) groups is 2. The van der Waals surface area contributed by atoms with Crippen LogP contribution in [0.5, 0.6) is 11.5 Å². The van der Waals surface area contributed by atoms with E-state index in [0.717, 1.165) is 44.3 Å². The van der Waals surface area contributed by atoms with E-state index in [4.69, 9.17) is 14.2 Å². The van der Waals surface area contributed by atoms with Crippen molar-refractivity contribution in [2.24, 2.45) is 0 Å². The smallest absolute Gasteiger partial charge is 0.343 e. The van der Waals surface area contributed by atoms with Gasteiger partial charge in [-0.2, -0.15) is 0 Å². The highest BCUT2D eigenvalue weighted by Gasteiger charge is 2.31. The van der Waals surface area contributed by atoms with Crippen LogP contribution in [0.4, 0.5) is 0 Å². The van der Waals surface area contributed by atoms with E-state index in [0.29, 0.717) is 23.3 Å². The number of esters is 2. The Morgan fingerprint density at radius 3 is 2.47 bits per heavy atom. The van der Waals surface area contributed by atoms with Crippen molar-refractivity contribution in [1.82, 2.24) is 0 Å². The van der Waals surface area contributed by atoms with Crippen LogP contribution in [0.15, 0.2) is 48.5 Å². The minimum Gasteiger partial charge on any atom is -0.490 e. The van der Waals surface area contributed by atoms with E-state index in [2.05, 4.69) is 13.8 Å². The molecule has 0 aromatic heterocycles. The monoisotopic (exact) mass is 438 g/mol. The summed E-state index contributed by atoms with van der Waals surface area (Å²) in [6, 6.07) is 14.3. The number of benzene rings is 2. The van der Waals surface area contributed by atoms with Gasteiger partial charge in [-0.15, -0.1) is 0 Å². The Labute approximate surface area is 191 Å². The zero-order valence-corrected chi connectivity index (χ0v) is 19.3. The largest absolute Gasteiger partial charge is 0.490 e. The van der Waals surface area contributed by atoms with Crippen molar-refractivity contribution in [3.8, 4) is 11.5 Å². The highest BCUT2D eigenvalue weighted by Crippen LogP contribution is 2.35. The van der Waals surface area contributed by atoms with Crippen LogP contribution in [0.3, 0.4) is 0 Å². The molecule has 3 rings (SSSR count). The van der Waals surface area contributed by atoms with Crippen LogP contribution in [-0.2, 0) is 9.53 Å². The fraction of sp³-hybridized carbons (Fsp3) is 0.481. The summed E-state index contributed by atoms with van der Waals surface area (Å²) >= 11 is 0. The normalized spacial score (nSPS) is 19.2. The van der Waals surface area contributed by atoms with Crippen LogP contribution in [0, 0.1) is 0 Å². The molecule has 2 aromatic carbocycles.